The van der Waals surface area contributed by atoms with Crippen molar-refractivity contribution in [3.8, 4) is 0 Å². The molecule has 0 bridgehead atoms. The van der Waals surface area contributed by atoms with Crippen molar-refractivity contribution in [2.45, 2.75) is 46.1 Å². The third-order valence-electron chi connectivity index (χ3n) is 3.22. The van der Waals surface area contributed by atoms with Crippen LogP contribution in [0.15, 0.2) is 18.3 Å². The topological polar surface area (TPSA) is 24.9 Å². The van der Waals surface area contributed by atoms with E-state index in [2.05, 4.69) is 31.1 Å². The molecule has 0 spiro atoms. The molecule has 1 rings (SSSR count). The zero-order valence-corrected chi connectivity index (χ0v) is 11.8. The SMILES string of the molecule is CCCNC(c1ncccc1Cl)C(CC)CC. The Labute approximate surface area is 110 Å². The lowest BCUT2D eigenvalue weighted by Gasteiger charge is -2.26. The molecule has 17 heavy (non-hydrogen) atoms. The van der Waals surface area contributed by atoms with Gasteiger partial charge in [-0.05, 0) is 31.0 Å². The summed E-state index contributed by atoms with van der Waals surface area (Å²) in [6.07, 6.45) is 5.24. The summed E-state index contributed by atoms with van der Waals surface area (Å²) >= 11 is 6.25. The molecule has 1 aromatic heterocycles. The van der Waals surface area contributed by atoms with Crippen LogP contribution in [0.2, 0.25) is 5.02 Å². The van der Waals surface area contributed by atoms with Crippen molar-refractivity contribution in [1.29, 1.82) is 0 Å². The van der Waals surface area contributed by atoms with Gasteiger partial charge in [0.05, 0.1) is 16.8 Å². The number of nitrogens with one attached hydrogen (secondary N) is 1. The van der Waals surface area contributed by atoms with E-state index in [9.17, 15) is 0 Å². The molecule has 0 amide bonds. The second kappa shape index (κ2) is 7.67. The van der Waals surface area contributed by atoms with Gasteiger partial charge in [0.25, 0.3) is 0 Å². The summed E-state index contributed by atoms with van der Waals surface area (Å²) in [5.41, 5.74) is 0.997. The smallest absolute Gasteiger partial charge is 0.0761 e. The van der Waals surface area contributed by atoms with Crippen molar-refractivity contribution >= 4 is 11.6 Å². The molecular formula is C14H23ClN2. The first kappa shape index (κ1) is 14.5. The maximum atomic E-state index is 6.25. The van der Waals surface area contributed by atoms with Crippen LogP contribution in [0, 0.1) is 5.92 Å². The van der Waals surface area contributed by atoms with Crippen molar-refractivity contribution < 1.29 is 0 Å². The number of aromatic nitrogens is 1. The van der Waals surface area contributed by atoms with Gasteiger partial charge in [-0.1, -0.05) is 45.2 Å². The highest BCUT2D eigenvalue weighted by Crippen LogP contribution is 2.30. The predicted molar refractivity (Wildman–Crippen MR) is 74.4 cm³/mol. The molecule has 0 aliphatic rings. The molecule has 0 aliphatic heterocycles. The fraction of sp³-hybridized carbons (Fsp3) is 0.643. The van der Waals surface area contributed by atoms with Gasteiger partial charge in [-0.3, -0.25) is 4.98 Å². The van der Waals surface area contributed by atoms with E-state index in [1.54, 1.807) is 0 Å². The van der Waals surface area contributed by atoms with Gasteiger partial charge in [-0.15, -0.1) is 0 Å². The highest BCUT2D eigenvalue weighted by Gasteiger charge is 2.22. The van der Waals surface area contributed by atoms with E-state index in [4.69, 9.17) is 11.6 Å². The first-order chi connectivity index (χ1) is 8.24. The summed E-state index contributed by atoms with van der Waals surface area (Å²) in [6, 6.07) is 4.08. The van der Waals surface area contributed by atoms with Crippen LogP contribution < -0.4 is 5.32 Å². The van der Waals surface area contributed by atoms with E-state index in [0.29, 0.717) is 5.92 Å². The lowest BCUT2D eigenvalue weighted by Crippen LogP contribution is -2.29. The quantitative estimate of drug-likeness (QED) is 0.788. The van der Waals surface area contributed by atoms with Crippen LogP contribution in [0.4, 0.5) is 0 Å². The highest BCUT2D eigenvalue weighted by molar-refractivity contribution is 6.31. The van der Waals surface area contributed by atoms with Gasteiger partial charge in [0.15, 0.2) is 0 Å². The third kappa shape index (κ3) is 3.97. The second-order valence-corrected chi connectivity index (χ2v) is 4.79. The van der Waals surface area contributed by atoms with Gasteiger partial charge >= 0.3 is 0 Å². The number of halogens is 1. The Morgan fingerprint density at radius 3 is 2.53 bits per heavy atom. The fourth-order valence-electron chi connectivity index (χ4n) is 2.17. The minimum Gasteiger partial charge on any atom is -0.308 e. The number of hydrogen-bond donors (Lipinski definition) is 1. The Bertz CT molecular complexity index is 324. The van der Waals surface area contributed by atoms with E-state index in [-0.39, 0.29) is 6.04 Å². The van der Waals surface area contributed by atoms with Crippen molar-refractivity contribution in [2.24, 2.45) is 5.92 Å². The molecular weight excluding hydrogens is 232 g/mol. The van der Waals surface area contributed by atoms with Crippen LogP contribution in [0.5, 0.6) is 0 Å². The summed E-state index contributed by atoms with van der Waals surface area (Å²) in [6.45, 7) is 7.64. The average molecular weight is 255 g/mol. The molecule has 3 heteroatoms. The van der Waals surface area contributed by atoms with Crippen LogP contribution in [-0.2, 0) is 0 Å². The van der Waals surface area contributed by atoms with Crippen LogP contribution >= 0.6 is 11.6 Å². The fourth-order valence-corrected chi connectivity index (χ4v) is 2.41. The molecule has 1 N–H and O–H groups in total. The van der Waals surface area contributed by atoms with E-state index in [0.717, 1.165) is 36.5 Å². The summed E-state index contributed by atoms with van der Waals surface area (Å²) in [5, 5.41) is 4.35. The molecule has 0 fully saturated rings. The van der Waals surface area contributed by atoms with Gasteiger partial charge in [-0.25, -0.2) is 0 Å². The largest absolute Gasteiger partial charge is 0.308 e. The number of pyridine rings is 1. The number of hydrogen-bond acceptors (Lipinski definition) is 2. The molecule has 1 unspecified atom stereocenters. The maximum Gasteiger partial charge on any atom is 0.0761 e. The van der Waals surface area contributed by atoms with E-state index in [1.165, 1.54) is 0 Å². The Balaban J connectivity index is 2.92. The molecule has 1 atom stereocenters. The molecule has 1 aromatic rings. The molecule has 0 saturated heterocycles. The Hall–Kier alpha value is -0.600. The maximum absolute atomic E-state index is 6.25. The van der Waals surface area contributed by atoms with Crippen molar-refractivity contribution in [1.82, 2.24) is 10.3 Å². The molecule has 0 aromatic carbocycles. The minimum atomic E-state index is 0.277. The molecule has 0 saturated carbocycles. The monoisotopic (exact) mass is 254 g/mol. The van der Waals surface area contributed by atoms with Crippen LogP contribution in [0.1, 0.15) is 51.8 Å². The summed E-state index contributed by atoms with van der Waals surface area (Å²) in [4.78, 5) is 4.45. The van der Waals surface area contributed by atoms with Crippen molar-refractivity contribution in [3.63, 3.8) is 0 Å². The summed E-state index contributed by atoms with van der Waals surface area (Å²) in [5.74, 6) is 0.592. The van der Waals surface area contributed by atoms with Gasteiger partial charge in [0.2, 0.25) is 0 Å². The lowest BCUT2D eigenvalue weighted by atomic mass is 9.91. The minimum absolute atomic E-state index is 0.277. The average Bonchev–Trinajstić information content (AvgIpc) is 2.36. The van der Waals surface area contributed by atoms with Gasteiger partial charge in [0.1, 0.15) is 0 Å². The Kier molecular flexibility index (Phi) is 6.53. The second-order valence-electron chi connectivity index (χ2n) is 4.38. The molecule has 2 nitrogen and oxygen atoms in total. The summed E-state index contributed by atoms with van der Waals surface area (Å²) in [7, 11) is 0. The highest BCUT2D eigenvalue weighted by atomic mass is 35.5. The van der Waals surface area contributed by atoms with E-state index < -0.39 is 0 Å². The van der Waals surface area contributed by atoms with E-state index in [1.807, 2.05) is 18.3 Å². The standard InChI is InChI=1S/C14H23ClN2/c1-4-9-16-13(11(5-2)6-3)14-12(15)8-7-10-17-14/h7-8,10-11,13,16H,4-6,9H2,1-3H3. The van der Waals surface area contributed by atoms with Crippen LogP contribution in [0.3, 0.4) is 0 Å². The predicted octanol–water partition coefficient (Wildman–Crippen LogP) is 4.21. The Morgan fingerprint density at radius 1 is 1.29 bits per heavy atom. The molecule has 0 radical (unpaired) electrons. The normalized spacial score (nSPS) is 13.0. The first-order valence-corrected chi connectivity index (χ1v) is 6.96. The van der Waals surface area contributed by atoms with Crippen LogP contribution in [0.25, 0.3) is 0 Å². The molecule has 0 aliphatic carbocycles. The first-order valence-electron chi connectivity index (χ1n) is 6.58. The Morgan fingerprint density at radius 2 is 2.00 bits per heavy atom. The number of nitrogens with zero attached hydrogens (tertiary/aromatic N) is 1. The van der Waals surface area contributed by atoms with Crippen LogP contribution in [-0.4, -0.2) is 11.5 Å². The van der Waals surface area contributed by atoms with Gasteiger partial charge < -0.3 is 5.32 Å². The van der Waals surface area contributed by atoms with Crippen molar-refractivity contribution in [2.75, 3.05) is 6.54 Å². The molecule has 1 heterocycles. The zero-order chi connectivity index (χ0) is 12.7. The zero-order valence-electron chi connectivity index (χ0n) is 11.0. The van der Waals surface area contributed by atoms with Gasteiger partial charge in [-0.2, -0.15) is 0 Å². The summed E-state index contributed by atoms with van der Waals surface area (Å²) < 4.78 is 0. The third-order valence-corrected chi connectivity index (χ3v) is 3.54. The number of rotatable bonds is 7. The molecule has 96 valence electrons. The van der Waals surface area contributed by atoms with Gasteiger partial charge in [0, 0.05) is 6.20 Å². The lowest BCUT2D eigenvalue weighted by molar-refractivity contribution is 0.335. The van der Waals surface area contributed by atoms with E-state index >= 15 is 0 Å². The van der Waals surface area contributed by atoms with Crippen molar-refractivity contribution in [3.05, 3.63) is 29.0 Å².